The fraction of sp³-hybridized carbons (Fsp3) is 0.450. The predicted octanol–water partition coefficient (Wildman–Crippen LogP) is 4.71. The van der Waals surface area contributed by atoms with Crippen LogP contribution in [0.5, 0.6) is 5.75 Å². The zero-order chi connectivity index (χ0) is 20.3. The van der Waals surface area contributed by atoms with E-state index < -0.39 is 18.4 Å². The first-order chi connectivity index (χ1) is 12.7. The molecule has 0 bridgehead atoms. The molecule has 1 fully saturated rings. The van der Waals surface area contributed by atoms with Gasteiger partial charge in [0.05, 0.1) is 4.91 Å². The molecule has 0 spiro atoms. The number of thioether (sulfide) groups is 1. The van der Waals surface area contributed by atoms with E-state index in [2.05, 4.69) is 27.7 Å². The van der Waals surface area contributed by atoms with E-state index in [0.717, 1.165) is 40.6 Å². The molecule has 0 aromatic heterocycles. The lowest BCUT2D eigenvalue weighted by Gasteiger charge is -2.18. The lowest BCUT2D eigenvalue weighted by Crippen LogP contribution is -2.33. The molecule has 0 radical (unpaired) electrons. The van der Waals surface area contributed by atoms with Gasteiger partial charge in [0.25, 0.3) is 5.91 Å². The maximum Gasteiger partial charge on any atom is 0.323 e. The Hall–Kier alpha value is -1.86. The van der Waals surface area contributed by atoms with Crippen LogP contribution in [0.15, 0.2) is 17.0 Å². The lowest BCUT2D eigenvalue weighted by molar-refractivity contribution is -0.140. The summed E-state index contributed by atoms with van der Waals surface area (Å²) in [5, 5.41) is 19.7. The van der Waals surface area contributed by atoms with E-state index in [-0.39, 0.29) is 16.0 Å². The Kier molecular flexibility index (Phi) is 7.06. The molecule has 27 heavy (non-hydrogen) atoms. The number of carbonyl (C=O) groups is 2. The van der Waals surface area contributed by atoms with Crippen molar-refractivity contribution in [3.63, 3.8) is 0 Å². The summed E-state index contributed by atoms with van der Waals surface area (Å²) in [7, 11) is 0. The molecule has 5 nitrogen and oxygen atoms in total. The molecular formula is C20H25NO4S2. The van der Waals surface area contributed by atoms with E-state index in [1.54, 1.807) is 6.08 Å². The van der Waals surface area contributed by atoms with Crippen LogP contribution in [0.1, 0.15) is 69.1 Å². The van der Waals surface area contributed by atoms with Gasteiger partial charge in [-0.25, -0.2) is 0 Å². The molecule has 7 heteroatoms. The zero-order valence-corrected chi connectivity index (χ0v) is 17.6. The number of hydrogen-bond acceptors (Lipinski definition) is 5. The monoisotopic (exact) mass is 407 g/mol. The van der Waals surface area contributed by atoms with Crippen molar-refractivity contribution in [1.29, 1.82) is 0 Å². The Morgan fingerprint density at radius 2 is 1.89 bits per heavy atom. The molecule has 2 atom stereocenters. The molecule has 1 aromatic rings. The molecule has 1 aliphatic heterocycles. The minimum Gasteiger partial charge on any atom is -0.507 e. The fourth-order valence-corrected chi connectivity index (χ4v) is 4.09. The van der Waals surface area contributed by atoms with Gasteiger partial charge in [-0.05, 0) is 47.9 Å². The molecule has 1 saturated heterocycles. The molecule has 1 aliphatic rings. The summed E-state index contributed by atoms with van der Waals surface area (Å²) in [4.78, 5) is 24.9. The van der Waals surface area contributed by atoms with Crippen molar-refractivity contribution in [3.8, 4) is 5.75 Å². The first-order valence-corrected chi connectivity index (χ1v) is 10.3. The summed E-state index contributed by atoms with van der Waals surface area (Å²) in [5.41, 5.74) is 2.54. The third-order valence-electron chi connectivity index (χ3n) is 4.97. The van der Waals surface area contributed by atoms with E-state index in [9.17, 15) is 14.7 Å². The maximum atomic E-state index is 12.5. The summed E-state index contributed by atoms with van der Waals surface area (Å²) < 4.78 is 0.216. The van der Waals surface area contributed by atoms with Crippen molar-refractivity contribution in [1.82, 2.24) is 4.90 Å². The highest BCUT2D eigenvalue weighted by molar-refractivity contribution is 8.26. The molecule has 2 rings (SSSR count). The summed E-state index contributed by atoms with van der Waals surface area (Å²) in [6.07, 6.45) is 3.47. The van der Waals surface area contributed by atoms with E-state index in [4.69, 9.17) is 17.3 Å². The smallest absolute Gasteiger partial charge is 0.323 e. The van der Waals surface area contributed by atoms with Gasteiger partial charge in [-0.1, -0.05) is 57.7 Å². The number of carboxylic acids is 1. The van der Waals surface area contributed by atoms with Crippen LogP contribution in [0, 0.1) is 0 Å². The van der Waals surface area contributed by atoms with Gasteiger partial charge in [0.15, 0.2) is 0 Å². The highest BCUT2D eigenvalue weighted by atomic mass is 32.2. The number of amides is 1. The normalized spacial score (nSPS) is 18.2. The van der Waals surface area contributed by atoms with Gasteiger partial charge in [0.1, 0.15) is 16.6 Å². The lowest BCUT2D eigenvalue weighted by atomic mass is 9.88. The van der Waals surface area contributed by atoms with Crippen LogP contribution < -0.4 is 0 Å². The van der Waals surface area contributed by atoms with Crippen molar-refractivity contribution in [3.05, 3.63) is 33.7 Å². The molecular weight excluding hydrogens is 382 g/mol. The Labute approximate surface area is 169 Å². The Morgan fingerprint density at radius 1 is 1.26 bits per heavy atom. The predicted molar refractivity (Wildman–Crippen MR) is 113 cm³/mol. The van der Waals surface area contributed by atoms with Gasteiger partial charge in [0.2, 0.25) is 0 Å². The third-order valence-corrected chi connectivity index (χ3v) is 6.35. The van der Waals surface area contributed by atoms with Crippen molar-refractivity contribution in [2.45, 2.75) is 52.4 Å². The van der Waals surface area contributed by atoms with Crippen molar-refractivity contribution >= 4 is 46.3 Å². The fourth-order valence-electron chi connectivity index (χ4n) is 2.84. The number of carbonyl (C=O) groups excluding carboxylic acids is 1. The van der Waals surface area contributed by atoms with E-state index in [0.29, 0.717) is 16.4 Å². The SMILES string of the molecule is CCC(C)c1cc(C=C2SC(=S)N(CC(=O)O)C2=O)c(O)c(C(C)CC)c1. The number of phenolic OH excluding ortho intramolecular Hbond substituents is 1. The first-order valence-electron chi connectivity index (χ1n) is 9.03. The second-order valence-corrected chi connectivity index (χ2v) is 8.50. The molecule has 1 aromatic carbocycles. The van der Waals surface area contributed by atoms with Crippen LogP contribution >= 0.6 is 24.0 Å². The number of aliphatic carboxylic acids is 1. The van der Waals surface area contributed by atoms with E-state index >= 15 is 0 Å². The van der Waals surface area contributed by atoms with Gasteiger partial charge >= 0.3 is 5.97 Å². The van der Waals surface area contributed by atoms with Crippen LogP contribution in [0.4, 0.5) is 0 Å². The van der Waals surface area contributed by atoms with Gasteiger partial charge < -0.3 is 10.2 Å². The Balaban J connectivity index is 2.51. The summed E-state index contributed by atoms with van der Waals surface area (Å²) in [6, 6.07) is 3.95. The summed E-state index contributed by atoms with van der Waals surface area (Å²) >= 11 is 6.20. The Bertz CT molecular complexity index is 803. The number of rotatable bonds is 7. The molecule has 2 N–H and O–H groups in total. The number of benzene rings is 1. The van der Waals surface area contributed by atoms with Crippen molar-refractivity contribution < 1.29 is 19.8 Å². The van der Waals surface area contributed by atoms with Crippen LogP contribution in [0.25, 0.3) is 6.08 Å². The number of phenols is 1. The summed E-state index contributed by atoms with van der Waals surface area (Å²) in [5.74, 6) is -0.885. The topological polar surface area (TPSA) is 77.8 Å². The number of nitrogens with zero attached hydrogens (tertiary/aromatic N) is 1. The average molecular weight is 408 g/mol. The van der Waals surface area contributed by atoms with Gasteiger partial charge in [-0.3, -0.25) is 14.5 Å². The quantitative estimate of drug-likeness (QED) is 0.504. The highest BCUT2D eigenvalue weighted by Crippen LogP contribution is 2.39. The Morgan fingerprint density at radius 3 is 2.44 bits per heavy atom. The minimum absolute atomic E-state index is 0.167. The number of hydrogen-bond donors (Lipinski definition) is 2. The van der Waals surface area contributed by atoms with Crippen molar-refractivity contribution in [2.24, 2.45) is 0 Å². The van der Waals surface area contributed by atoms with Crippen LogP contribution in [-0.2, 0) is 9.59 Å². The van der Waals surface area contributed by atoms with Crippen LogP contribution in [0.3, 0.4) is 0 Å². The second-order valence-electron chi connectivity index (χ2n) is 6.83. The van der Waals surface area contributed by atoms with E-state index in [1.165, 1.54) is 0 Å². The zero-order valence-electron chi connectivity index (χ0n) is 16.0. The number of thiocarbonyl (C=S) groups is 1. The standard InChI is InChI=1S/C20H25NO4S2/c1-5-11(3)13-7-14(18(24)15(8-13)12(4)6-2)9-16-19(25)21(10-17(22)23)20(26)27-16/h7-9,11-12,24H,5-6,10H2,1-4H3,(H,22,23). The minimum atomic E-state index is -1.12. The van der Waals surface area contributed by atoms with Crippen LogP contribution in [-0.4, -0.2) is 37.9 Å². The van der Waals surface area contributed by atoms with Crippen molar-refractivity contribution in [2.75, 3.05) is 6.54 Å². The van der Waals surface area contributed by atoms with Crippen LogP contribution in [0.2, 0.25) is 0 Å². The maximum absolute atomic E-state index is 12.5. The third kappa shape index (κ3) is 4.71. The van der Waals surface area contributed by atoms with Gasteiger partial charge in [-0.2, -0.15) is 0 Å². The highest BCUT2D eigenvalue weighted by Gasteiger charge is 2.33. The first kappa shape index (κ1) is 21.4. The second kappa shape index (κ2) is 8.89. The molecule has 1 heterocycles. The average Bonchev–Trinajstić information content (AvgIpc) is 2.89. The molecule has 0 saturated carbocycles. The number of aromatic hydroxyl groups is 1. The molecule has 2 unspecified atom stereocenters. The molecule has 1 amide bonds. The molecule has 0 aliphatic carbocycles. The molecule has 146 valence electrons. The summed E-state index contributed by atoms with van der Waals surface area (Å²) in [6.45, 7) is 7.90. The van der Waals surface area contributed by atoms with E-state index in [1.807, 2.05) is 12.1 Å². The van der Waals surface area contributed by atoms with Gasteiger partial charge in [-0.15, -0.1) is 0 Å². The largest absolute Gasteiger partial charge is 0.507 e. The van der Waals surface area contributed by atoms with Gasteiger partial charge in [0, 0.05) is 5.56 Å². The number of carboxylic acid groups (broad SMARTS) is 1.